The summed E-state index contributed by atoms with van der Waals surface area (Å²) in [5.41, 5.74) is 1.70. The molecule has 5 nitrogen and oxygen atoms in total. The third kappa shape index (κ3) is 2.47. The molecule has 0 bridgehead atoms. The summed E-state index contributed by atoms with van der Waals surface area (Å²) in [7, 11) is 1.88. The number of piperidine rings is 1. The van der Waals surface area contributed by atoms with Crippen LogP contribution in [0.3, 0.4) is 0 Å². The lowest BCUT2D eigenvalue weighted by atomic mass is 9.87. The number of likely N-dealkylation sites (N-methyl/N-ethyl adjacent to an activating group) is 1. The minimum Gasteiger partial charge on any atom is -0.325 e. The van der Waals surface area contributed by atoms with E-state index >= 15 is 0 Å². The normalized spacial score (nSPS) is 20.9. The summed E-state index contributed by atoms with van der Waals surface area (Å²) in [6, 6.07) is 9.75. The molecule has 110 valence electrons. The highest BCUT2D eigenvalue weighted by Gasteiger charge is 2.48. The number of nitriles is 1. The predicted molar refractivity (Wildman–Crippen MR) is 79.6 cm³/mol. The van der Waals surface area contributed by atoms with Gasteiger partial charge < -0.3 is 15.1 Å². The van der Waals surface area contributed by atoms with Gasteiger partial charge in [-0.2, -0.15) is 5.26 Å². The van der Waals surface area contributed by atoms with Crippen molar-refractivity contribution in [2.45, 2.75) is 24.9 Å². The molecule has 21 heavy (non-hydrogen) atoms. The van der Waals surface area contributed by atoms with Crippen LogP contribution in [-0.4, -0.2) is 48.1 Å². The number of amides is 2. The number of benzene rings is 1. The second-order valence-electron chi connectivity index (χ2n) is 6.01. The molecule has 0 aromatic heterocycles. The van der Waals surface area contributed by atoms with Crippen LogP contribution in [0.4, 0.5) is 4.79 Å². The maximum atomic E-state index is 12.5. The first-order valence-electron chi connectivity index (χ1n) is 7.37. The minimum absolute atomic E-state index is 0.0367. The van der Waals surface area contributed by atoms with E-state index in [1.165, 1.54) is 0 Å². The molecular formula is C16H20N4O. The summed E-state index contributed by atoms with van der Waals surface area (Å²) >= 11 is 0. The van der Waals surface area contributed by atoms with Crippen molar-refractivity contribution in [3.63, 3.8) is 0 Å². The zero-order valence-electron chi connectivity index (χ0n) is 12.3. The molecule has 2 aliphatic heterocycles. The first kappa shape index (κ1) is 13.9. The smallest absolute Gasteiger partial charge is 0.320 e. The van der Waals surface area contributed by atoms with Crippen molar-refractivity contribution >= 4 is 6.03 Å². The van der Waals surface area contributed by atoms with Crippen molar-refractivity contribution in [1.29, 1.82) is 5.26 Å². The van der Waals surface area contributed by atoms with Crippen molar-refractivity contribution in [1.82, 2.24) is 15.1 Å². The zero-order chi connectivity index (χ0) is 14.9. The first-order chi connectivity index (χ1) is 10.1. The van der Waals surface area contributed by atoms with Crippen molar-refractivity contribution in [2.24, 2.45) is 0 Å². The van der Waals surface area contributed by atoms with E-state index < -0.39 is 0 Å². The standard InChI is InChI=1S/C16H20N4O/c1-19-12-16(6-8-18-9-7-16)20(15(19)21)11-14-4-2-13(10-17)3-5-14/h2-5,18H,6-9,11-12H2,1H3. The van der Waals surface area contributed by atoms with Gasteiger partial charge in [0.25, 0.3) is 0 Å². The van der Waals surface area contributed by atoms with Crippen LogP contribution in [0.5, 0.6) is 0 Å². The summed E-state index contributed by atoms with van der Waals surface area (Å²) in [6.45, 7) is 3.36. The molecular weight excluding hydrogens is 264 g/mol. The fourth-order valence-electron chi connectivity index (χ4n) is 3.43. The minimum atomic E-state index is -0.0367. The van der Waals surface area contributed by atoms with E-state index in [4.69, 9.17) is 5.26 Å². The molecule has 3 rings (SSSR count). The van der Waals surface area contributed by atoms with E-state index in [1.807, 2.05) is 41.1 Å². The van der Waals surface area contributed by atoms with E-state index in [2.05, 4.69) is 11.4 Å². The molecule has 2 fully saturated rings. The lowest BCUT2D eigenvalue weighted by Crippen LogP contribution is -2.53. The molecule has 5 heteroatoms. The van der Waals surface area contributed by atoms with Gasteiger partial charge >= 0.3 is 6.03 Å². The molecule has 0 atom stereocenters. The van der Waals surface area contributed by atoms with Gasteiger partial charge in [-0.1, -0.05) is 12.1 Å². The Morgan fingerprint density at radius 1 is 1.29 bits per heavy atom. The van der Waals surface area contributed by atoms with Gasteiger partial charge in [-0.3, -0.25) is 0 Å². The number of nitrogens with zero attached hydrogens (tertiary/aromatic N) is 3. The Morgan fingerprint density at radius 3 is 2.57 bits per heavy atom. The van der Waals surface area contributed by atoms with Gasteiger partial charge in [-0.05, 0) is 43.6 Å². The van der Waals surface area contributed by atoms with Crippen LogP contribution in [0.15, 0.2) is 24.3 Å². The average molecular weight is 284 g/mol. The molecule has 2 saturated heterocycles. The summed E-state index contributed by atoms with van der Waals surface area (Å²) in [6.07, 6.45) is 2.00. The van der Waals surface area contributed by atoms with Gasteiger partial charge in [0.05, 0.1) is 17.2 Å². The number of urea groups is 1. The number of hydrogen-bond donors (Lipinski definition) is 1. The lowest BCUT2D eigenvalue weighted by molar-refractivity contribution is 0.120. The highest BCUT2D eigenvalue weighted by molar-refractivity contribution is 5.78. The fraction of sp³-hybridized carbons (Fsp3) is 0.500. The quantitative estimate of drug-likeness (QED) is 0.896. The number of carbonyl (C=O) groups excluding carboxylic acids is 1. The number of carbonyl (C=O) groups is 1. The van der Waals surface area contributed by atoms with Crippen molar-refractivity contribution in [2.75, 3.05) is 26.7 Å². The largest absolute Gasteiger partial charge is 0.325 e. The molecule has 1 spiro atoms. The molecule has 2 aliphatic rings. The lowest BCUT2D eigenvalue weighted by Gasteiger charge is -2.40. The van der Waals surface area contributed by atoms with E-state index in [-0.39, 0.29) is 11.6 Å². The Kier molecular flexibility index (Phi) is 3.56. The highest BCUT2D eigenvalue weighted by Crippen LogP contribution is 2.34. The van der Waals surface area contributed by atoms with Crippen LogP contribution in [0.1, 0.15) is 24.0 Å². The summed E-state index contributed by atoms with van der Waals surface area (Å²) in [5, 5.41) is 12.2. The SMILES string of the molecule is CN1CC2(CCNCC2)N(Cc2ccc(C#N)cc2)C1=O. The summed E-state index contributed by atoms with van der Waals surface area (Å²) < 4.78 is 0. The maximum absolute atomic E-state index is 12.5. The van der Waals surface area contributed by atoms with E-state index in [9.17, 15) is 4.79 Å². The van der Waals surface area contributed by atoms with Gasteiger partial charge in [0, 0.05) is 20.1 Å². The maximum Gasteiger partial charge on any atom is 0.320 e. The molecule has 2 amide bonds. The summed E-state index contributed by atoms with van der Waals surface area (Å²) in [5.74, 6) is 0. The van der Waals surface area contributed by atoms with Crippen molar-refractivity contribution in [3.05, 3.63) is 35.4 Å². The molecule has 0 unspecified atom stereocenters. The van der Waals surface area contributed by atoms with Gasteiger partial charge in [0.15, 0.2) is 0 Å². The summed E-state index contributed by atoms with van der Waals surface area (Å²) in [4.78, 5) is 16.3. The van der Waals surface area contributed by atoms with Crippen LogP contribution in [0.25, 0.3) is 0 Å². The van der Waals surface area contributed by atoms with Gasteiger partial charge in [0.1, 0.15) is 0 Å². The monoisotopic (exact) mass is 284 g/mol. The first-order valence-corrected chi connectivity index (χ1v) is 7.37. The molecule has 1 N–H and O–H groups in total. The second kappa shape index (κ2) is 5.38. The van der Waals surface area contributed by atoms with Crippen LogP contribution in [0.2, 0.25) is 0 Å². The molecule has 0 radical (unpaired) electrons. The second-order valence-corrected chi connectivity index (χ2v) is 6.01. The number of nitrogens with one attached hydrogen (secondary N) is 1. The van der Waals surface area contributed by atoms with E-state index in [1.54, 1.807) is 0 Å². The Balaban J connectivity index is 1.83. The Labute approximate surface area is 125 Å². The number of rotatable bonds is 2. The zero-order valence-corrected chi connectivity index (χ0v) is 12.3. The van der Waals surface area contributed by atoms with Crippen LogP contribution < -0.4 is 5.32 Å². The molecule has 1 aromatic rings. The Hall–Kier alpha value is -2.06. The van der Waals surface area contributed by atoms with Crippen LogP contribution >= 0.6 is 0 Å². The molecule has 0 saturated carbocycles. The van der Waals surface area contributed by atoms with Gasteiger partial charge in [0.2, 0.25) is 0 Å². The van der Waals surface area contributed by atoms with E-state index in [0.29, 0.717) is 12.1 Å². The molecule has 2 heterocycles. The molecule has 1 aromatic carbocycles. The van der Waals surface area contributed by atoms with Crippen molar-refractivity contribution < 1.29 is 4.79 Å². The van der Waals surface area contributed by atoms with Crippen LogP contribution in [-0.2, 0) is 6.54 Å². The topological polar surface area (TPSA) is 59.4 Å². The average Bonchev–Trinajstić information content (AvgIpc) is 2.73. The van der Waals surface area contributed by atoms with Gasteiger partial charge in [-0.15, -0.1) is 0 Å². The van der Waals surface area contributed by atoms with E-state index in [0.717, 1.165) is 38.0 Å². The highest BCUT2D eigenvalue weighted by atomic mass is 16.2. The van der Waals surface area contributed by atoms with Gasteiger partial charge in [-0.25, -0.2) is 4.79 Å². The predicted octanol–water partition coefficient (Wildman–Crippen LogP) is 1.55. The van der Waals surface area contributed by atoms with Crippen LogP contribution in [0, 0.1) is 11.3 Å². The molecule has 0 aliphatic carbocycles. The fourth-order valence-corrected chi connectivity index (χ4v) is 3.43. The third-order valence-electron chi connectivity index (χ3n) is 4.62. The Morgan fingerprint density at radius 2 is 1.95 bits per heavy atom. The number of hydrogen-bond acceptors (Lipinski definition) is 3. The Bertz CT molecular complexity index is 569. The third-order valence-corrected chi connectivity index (χ3v) is 4.62. The van der Waals surface area contributed by atoms with Crippen molar-refractivity contribution in [3.8, 4) is 6.07 Å².